The molecule has 15 nitrogen and oxygen atoms in total. The van der Waals surface area contributed by atoms with Crippen molar-refractivity contribution in [3.63, 3.8) is 0 Å². The summed E-state index contributed by atoms with van der Waals surface area (Å²) in [5, 5.41) is 36.6. The van der Waals surface area contributed by atoms with Crippen LogP contribution in [0.4, 0.5) is 17.1 Å². The minimum absolute atomic E-state index is 0.0452. The molecule has 352 valence electrons. The molecule has 0 bridgehead atoms. The van der Waals surface area contributed by atoms with Crippen LogP contribution < -0.4 is 36.0 Å². The molecule has 2 aromatic heterocycles. The van der Waals surface area contributed by atoms with E-state index in [0.717, 1.165) is 87.6 Å². The van der Waals surface area contributed by atoms with E-state index in [0.29, 0.717) is 60.4 Å². The van der Waals surface area contributed by atoms with Gasteiger partial charge < -0.3 is 36.2 Å². The van der Waals surface area contributed by atoms with Gasteiger partial charge in [-0.05, 0) is 123 Å². The van der Waals surface area contributed by atoms with Gasteiger partial charge in [0.2, 0.25) is 0 Å². The number of hydrogen-bond donors (Lipinski definition) is 8. The van der Waals surface area contributed by atoms with Crippen LogP contribution in [0.5, 0.6) is 11.5 Å². The number of nitrogens with zero attached hydrogens (tertiary/aromatic N) is 2. The van der Waals surface area contributed by atoms with E-state index in [4.69, 9.17) is 16.3 Å². The van der Waals surface area contributed by atoms with Crippen LogP contribution in [0.1, 0.15) is 81.6 Å². The normalized spacial score (nSPS) is 20.8. The molecular weight excluding hydrogens is 878 g/mol. The number of amides is 1. The van der Waals surface area contributed by atoms with Crippen LogP contribution >= 0.6 is 11.6 Å². The van der Waals surface area contributed by atoms with Gasteiger partial charge in [-0.3, -0.25) is 9.69 Å². The summed E-state index contributed by atoms with van der Waals surface area (Å²) in [6.45, 7) is 12.5. The molecule has 1 saturated heterocycles. The van der Waals surface area contributed by atoms with Crippen molar-refractivity contribution < 1.29 is 28.4 Å². The van der Waals surface area contributed by atoms with Crippen molar-refractivity contribution in [2.75, 3.05) is 56.4 Å². The molecule has 3 heterocycles. The number of rotatable bonds is 17. The van der Waals surface area contributed by atoms with Gasteiger partial charge in [0, 0.05) is 92.3 Å². The summed E-state index contributed by atoms with van der Waals surface area (Å²) in [5.41, 5.74) is 5.56. The largest absolute Gasteiger partial charge is 0.595 e. The summed E-state index contributed by atoms with van der Waals surface area (Å²) < 4.78 is 35.9. The molecule has 2 atom stereocenters. The predicted octanol–water partition coefficient (Wildman–Crippen LogP) is 7.46. The first kappa shape index (κ1) is 47.5. The predicted molar refractivity (Wildman–Crippen MR) is 260 cm³/mol. The Labute approximate surface area is 392 Å². The van der Waals surface area contributed by atoms with Crippen LogP contribution in [-0.4, -0.2) is 92.3 Å². The van der Waals surface area contributed by atoms with Gasteiger partial charge >= 0.3 is 0 Å². The Morgan fingerprint density at radius 3 is 2.61 bits per heavy atom. The zero-order chi connectivity index (χ0) is 46.4. The average molecular weight is 941 g/mol. The highest BCUT2D eigenvalue weighted by atomic mass is 35.5. The Morgan fingerprint density at radius 2 is 1.83 bits per heavy atom. The number of ether oxygens (including phenoxy) is 1. The summed E-state index contributed by atoms with van der Waals surface area (Å²) in [6, 6.07) is 21.4. The monoisotopic (exact) mass is 939 g/mol. The molecule has 0 spiro atoms. The molecule has 1 aliphatic heterocycles. The number of benzene rings is 3. The Bertz CT molecular complexity index is 2630. The van der Waals surface area contributed by atoms with Crippen molar-refractivity contribution in [1.29, 1.82) is 0 Å². The number of allylic oxidation sites excluding steroid dienone is 1. The number of pyridine rings is 1. The molecule has 3 aromatic carbocycles. The summed E-state index contributed by atoms with van der Waals surface area (Å²) in [7, 11) is -4.52. The molecule has 8 rings (SSSR count). The molecule has 3 aliphatic rings. The van der Waals surface area contributed by atoms with Crippen LogP contribution in [-0.2, 0) is 10.0 Å². The topological polar surface area (TPSA) is 200 Å². The van der Waals surface area contributed by atoms with Crippen LogP contribution in [0, 0.1) is 16.5 Å². The van der Waals surface area contributed by atoms with E-state index >= 15 is 0 Å². The fourth-order valence-electron chi connectivity index (χ4n) is 9.55. The number of aromatic amines is 1. The Balaban J connectivity index is 0.922. The zero-order valence-electron chi connectivity index (χ0n) is 37.9. The van der Waals surface area contributed by atoms with Crippen molar-refractivity contribution in [1.82, 2.24) is 30.2 Å². The van der Waals surface area contributed by atoms with Crippen LogP contribution in [0.25, 0.3) is 16.6 Å². The third kappa shape index (κ3) is 11.9. The van der Waals surface area contributed by atoms with E-state index in [-0.39, 0.29) is 27.3 Å². The van der Waals surface area contributed by atoms with Crippen LogP contribution in [0.15, 0.2) is 95.7 Å². The quantitative estimate of drug-likeness (QED) is 0.0339. The van der Waals surface area contributed by atoms with Gasteiger partial charge in [0.1, 0.15) is 17.1 Å². The standard InChI is InChI=1S/C49H62ClN9O6S/c1-32-31-58(23-22-52-32)39-11-4-33(5-12-39)28-55-44-15-13-41(26-45(44)59(61)62)66(63,64)57-48(60)42-14-10-38(25-46(42)65-40-24-35-17-19-54-47(35)56-30-40)53-21-20-51-29-36-16-18-49(2,3)27-43(36)34-6-8-37(50)9-7-34/h6-10,13-15,17,19,24-26,30,32-33,39,51-53,55,59,61H,4-5,11-12,16,18,20-23,27-29,31H2,1-3H3,(H,54,56)(H,57,60)/t32-,33?,39?/m1/s1. The van der Waals surface area contributed by atoms with Crippen LogP contribution in [0.2, 0.25) is 5.02 Å². The Morgan fingerprint density at radius 1 is 1.03 bits per heavy atom. The van der Waals surface area contributed by atoms with Crippen LogP contribution in [0.3, 0.4) is 0 Å². The number of halogens is 1. The van der Waals surface area contributed by atoms with Gasteiger partial charge in [-0.2, -0.15) is 5.23 Å². The highest BCUT2D eigenvalue weighted by Crippen LogP contribution is 2.43. The van der Waals surface area contributed by atoms with Crippen molar-refractivity contribution in [2.45, 2.75) is 82.7 Å². The summed E-state index contributed by atoms with van der Waals surface area (Å²) >= 11 is 6.20. The third-order valence-electron chi connectivity index (χ3n) is 13.2. The number of nitrogens with one attached hydrogen (secondary N) is 7. The smallest absolute Gasteiger partial charge is 0.268 e. The van der Waals surface area contributed by atoms with E-state index < -0.39 is 21.2 Å². The molecule has 1 amide bonds. The molecule has 17 heteroatoms. The third-order valence-corrected chi connectivity index (χ3v) is 14.8. The Kier molecular flexibility index (Phi) is 15.0. The lowest BCUT2D eigenvalue weighted by Crippen LogP contribution is -2.99. The van der Waals surface area contributed by atoms with E-state index in [9.17, 15) is 23.6 Å². The fourth-order valence-corrected chi connectivity index (χ4v) is 10.7. The summed E-state index contributed by atoms with van der Waals surface area (Å²) in [5.74, 6) is -0.135. The maximum absolute atomic E-state index is 13.9. The van der Waals surface area contributed by atoms with Gasteiger partial charge in [0.05, 0.1) is 22.3 Å². The first-order valence-corrected chi connectivity index (χ1v) is 24.9. The summed E-state index contributed by atoms with van der Waals surface area (Å²) in [4.78, 5) is 23.6. The van der Waals surface area contributed by atoms with Crippen molar-refractivity contribution in [2.24, 2.45) is 11.3 Å². The van der Waals surface area contributed by atoms with E-state index in [1.807, 2.05) is 18.2 Å². The molecule has 2 aliphatic carbocycles. The minimum atomic E-state index is -4.52. The number of quaternary nitrogens is 1. The van der Waals surface area contributed by atoms with Gasteiger partial charge in [-0.15, -0.1) is 0 Å². The number of anilines is 2. The van der Waals surface area contributed by atoms with E-state index in [1.54, 1.807) is 24.4 Å². The van der Waals surface area contributed by atoms with Crippen molar-refractivity contribution in [3.05, 3.63) is 112 Å². The van der Waals surface area contributed by atoms with Crippen molar-refractivity contribution in [3.8, 4) is 11.5 Å². The number of piperazine rings is 1. The average Bonchev–Trinajstić information content (AvgIpc) is 3.77. The lowest BCUT2D eigenvalue weighted by Gasteiger charge is -2.41. The number of carbonyl (C=O) groups excluding carboxylic acids is 1. The van der Waals surface area contributed by atoms with Gasteiger partial charge in [0.15, 0.2) is 5.69 Å². The fraction of sp³-hybridized carbons (Fsp3) is 0.429. The second-order valence-electron chi connectivity index (χ2n) is 18.8. The molecule has 0 radical (unpaired) electrons. The number of H-pyrrole nitrogens is 1. The van der Waals surface area contributed by atoms with E-state index in [2.05, 4.69) is 73.8 Å². The first-order chi connectivity index (χ1) is 31.7. The molecule has 1 unspecified atom stereocenters. The lowest BCUT2D eigenvalue weighted by molar-refractivity contribution is -0.990. The Hall–Kier alpha value is -5.04. The number of sulfonamides is 1. The lowest BCUT2D eigenvalue weighted by atomic mass is 9.72. The van der Waals surface area contributed by atoms with E-state index in [1.165, 1.54) is 41.1 Å². The maximum atomic E-state index is 13.9. The number of aromatic nitrogens is 2. The molecule has 8 N–H and O–H groups in total. The SMILES string of the molecule is C[C@@H]1CN(C2CCC(CNc3ccc(S(=O)(=O)NC(=O)c4ccc(NCCNCC5=C(c6ccc(Cl)cc6)CC(C)(C)CC5)cc4Oc4cnc5[nH]ccc5c4)cc3[NH+]([O-])O)CC2)CCN1. The maximum Gasteiger partial charge on any atom is 0.268 e. The van der Waals surface area contributed by atoms with Crippen molar-refractivity contribution >= 4 is 61.2 Å². The highest BCUT2D eigenvalue weighted by Gasteiger charge is 2.30. The molecular formula is C49H62ClN9O6S. The number of hydrogen-bond acceptors (Lipinski definition) is 12. The van der Waals surface area contributed by atoms with Gasteiger partial charge in [0.25, 0.3) is 15.9 Å². The second kappa shape index (κ2) is 20.9. The summed E-state index contributed by atoms with van der Waals surface area (Å²) in [6.07, 6.45) is 10.6. The molecule has 66 heavy (non-hydrogen) atoms. The number of fused-ring (bicyclic) bond motifs is 1. The first-order valence-electron chi connectivity index (χ1n) is 23.0. The second-order valence-corrected chi connectivity index (χ2v) is 20.9. The van der Waals surface area contributed by atoms with Gasteiger partial charge in [-0.1, -0.05) is 43.2 Å². The molecule has 2 fully saturated rings. The number of carbonyl (C=O) groups is 1. The van der Waals surface area contributed by atoms with Gasteiger partial charge in [-0.25, -0.2) is 23.3 Å². The molecule has 5 aromatic rings. The molecule has 1 saturated carbocycles. The zero-order valence-corrected chi connectivity index (χ0v) is 39.5. The minimum Gasteiger partial charge on any atom is -0.595 e. The highest BCUT2D eigenvalue weighted by molar-refractivity contribution is 7.90.